The van der Waals surface area contributed by atoms with Crippen LogP contribution >= 0.6 is 0 Å². The van der Waals surface area contributed by atoms with Gasteiger partial charge in [0.15, 0.2) is 0 Å². The summed E-state index contributed by atoms with van der Waals surface area (Å²) in [6.45, 7) is 6.34. The van der Waals surface area contributed by atoms with Crippen LogP contribution in [-0.4, -0.2) is 93.8 Å². The van der Waals surface area contributed by atoms with Gasteiger partial charge in [0.25, 0.3) is 11.5 Å². The SMILES string of the molecule is C[C@@H]1CC2c3ccccc3NC2[C@@H](c2c(F)cc(OCCCCCC(=O)N3CCN(C(=O)c4cc(Cc5n[nH]c(=O)c6ccccc56)ccc4F)CC3)cc2F)N1CC(C)(C)F. The number of piperidine rings is 1. The first-order valence-electron chi connectivity index (χ1n) is 21.5. The van der Waals surface area contributed by atoms with Crippen LogP contribution < -0.4 is 15.6 Å². The maximum atomic E-state index is 16.1. The second-order valence-electron chi connectivity index (χ2n) is 17.5. The Hall–Kier alpha value is -5.76. The number of amides is 2. The zero-order chi connectivity index (χ0) is 43.7. The molecule has 2 fully saturated rings. The second kappa shape index (κ2) is 17.9. The lowest BCUT2D eigenvalue weighted by Crippen LogP contribution is -2.54. The lowest BCUT2D eigenvalue weighted by molar-refractivity contribution is -0.132. The summed E-state index contributed by atoms with van der Waals surface area (Å²) in [6, 6.07) is 20.6. The third-order valence-corrected chi connectivity index (χ3v) is 12.5. The molecule has 62 heavy (non-hydrogen) atoms. The normalized spacial score (nSPS) is 20.2. The molecule has 4 atom stereocenters. The van der Waals surface area contributed by atoms with Gasteiger partial charge in [0, 0.05) is 86.3 Å². The van der Waals surface area contributed by atoms with Crippen LogP contribution in [0.2, 0.25) is 0 Å². The summed E-state index contributed by atoms with van der Waals surface area (Å²) < 4.78 is 68.1. The molecule has 2 amide bonds. The van der Waals surface area contributed by atoms with Gasteiger partial charge in [-0.05, 0) is 81.8 Å². The number of nitrogens with zero attached hydrogens (tertiary/aromatic N) is 4. The molecule has 3 aliphatic rings. The van der Waals surface area contributed by atoms with E-state index in [1.54, 1.807) is 34.1 Å². The van der Waals surface area contributed by atoms with Crippen molar-refractivity contribution in [2.24, 2.45) is 0 Å². The van der Waals surface area contributed by atoms with E-state index >= 15 is 13.2 Å². The fourth-order valence-electron chi connectivity index (χ4n) is 9.52. The lowest BCUT2D eigenvalue weighted by atomic mass is 9.77. The number of para-hydroxylation sites is 1. The molecule has 326 valence electrons. The first-order chi connectivity index (χ1) is 29.8. The summed E-state index contributed by atoms with van der Waals surface area (Å²) in [5.41, 5.74) is 1.27. The van der Waals surface area contributed by atoms with E-state index in [1.807, 2.05) is 42.2 Å². The van der Waals surface area contributed by atoms with Gasteiger partial charge in [-0.1, -0.05) is 42.5 Å². The number of aromatic nitrogens is 2. The molecule has 0 aliphatic carbocycles. The molecule has 3 aliphatic heterocycles. The molecule has 0 radical (unpaired) electrons. The Bertz CT molecular complexity index is 2500. The molecule has 14 heteroatoms. The molecule has 0 bridgehead atoms. The van der Waals surface area contributed by atoms with Gasteiger partial charge in [0.1, 0.15) is 28.9 Å². The minimum absolute atomic E-state index is 0.0165. The lowest BCUT2D eigenvalue weighted by Gasteiger charge is -2.48. The second-order valence-corrected chi connectivity index (χ2v) is 17.5. The summed E-state index contributed by atoms with van der Waals surface area (Å²) in [4.78, 5) is 43.9. The van der Waals surface area contributed by atoms with Gasteiger partial charge < -0.3 is 19.9 Å². The van der Waals surface area contributed by atoms with E-state index in [0.717, 1.165) is 17.7 Å². The Kier molecular flexibility index (Phi) is 12.4. The van der Waals surface area contributed by atoms with E-state index in [4.69, 9.17) is 4.74 Å². The number of benzene rings is 4. The fraction of sp³-hybridized carbons (Fsp3) is 0.417. The van der Waals surface area contributed by atoms with Crippen LogP contribution in [0.15, 0.2) is 83.7 Å². The number of piperazine rings is 1. The highest BCUT2D eigenvalue weighted by molar-refractivity contribution is 5.95. The number of likely N-dealkylation sites (tertiary alicyclic amines) is 1. The number of halogens is 4. The average Bonchev–Trinajstić information content (AvgIpc) is 3.61. The molecule has 8 rings (SSSR count). The van der Waals surface area contributed by atoms with Crippen molar-refractivity contribution in [3.63, 3.8) is 0 Å². The number of rotatable bonds is 13. The number of ether oxygens (including phenoxy) is 1. The van der Waals surface area contributed by atoms with Crippen LogP contribution in [0, 0.1) is 17.5 Å². The maximum absolute atomic E-state index is 16.1. The van der Waals surface area contributed by atoms with E-state index < -0.39 is 35.1 Å². The van der Waals surface area contributed by atoms with Gasteiger partial charge in [0.05, 0.1) is 35.3 Å². The predicted molar refractivity (Wildman–Crippen MR) is 230 cm³/mol. The summed E-state index contributed by atoms with van der Waals surface area (Å²) in [7, 11) is 0. The van der Waals surface area contributed by atoms with Crippen LogP contribution in [0.1, 0.15) is 97.6 Å². The summed E-state index contributed by atoms with van der Waals surface area (Å²) in [5.74, 6) is -2.53. The zero-order valence-electron chi connectivity index (χ0n) is 35.2. The van der Waals surface area contributed by atoms with Crippen molar-refractivity contribution in [2.45, 2.75) is 89.0 Å². The number of unbranched alkanes of at least 4 members (excludes halogenated alkanes) is 2. The van der Waals surface area contributed by atoms with Crippen molar-refractivity contribution in [1.29, 1.82) is 0 Å². The van der Waals surface area contributed by atoms with Crippen molar-refractivity contribution < 1.29 is 31.9 Å². The summed E-state index contributed by atoms with van der Waals surface area (Å²) >= 11 is 0. The van der Waals surface area contributed by atoms with Crippen molar-refractivity contribution in [2.75, 3.05) is 44.6 Å². The number of carbonyl (C=O) groups is 2. The number of hydrogen-bond acceptors (Lipinski definition) is 7. The van der Waals surface area contributed by atoms with Crippen LogP contribution in [0.4, 0.5) is 23.2 Å². The predicted octanol–water partition coefficient (Wildman–Crippen LogP) is 8.32. The first kappa shape index (κ1) is 42.9. The number of nitrogens with one attached hydrogen (secondary N) is 2. The van der Waals surface area contributed by atoms with E-state index in [2.05, 4.69) is 15.5 Å². The zero-order valence-corrected chi connectivity index (χ0v) is 35.2. The van der Waals surface area contributed by atoms with Crippen LogP contribution in [0.25, 0.3) is 10.8 Å². The number of carbonyl (C=O) groups excluding carboxylic acids is 2. The van der Waals surface area contributed by atoms with Gasteiger partial charge in [-0.15, -0.1) is 0 Å². The Morgan fingerprint density at radius 2 is 1.55 bits per heavy atom. The number of H-pyrrole nitrogens is 1. The van der Waals surface area contributed by atoms with Crippen LogP contribution in [0.3, 0.4) is 0 Å². The molecule has 0 spiro atoms. The van der Waals surface area contributed by atoms with Gasteiger partial charge in [0.2, 0.25) is 5.91 Å². The highest BCUT2D eigenvalue weighted by atomic mass is 19.1. The van der Waals surface area contributed by atoms with Gasteiger partial charge in [-0.2, -0.15) is 5.10 Å². The van der Waals surface area contributed by atoms with Gasteiger partial charge in [-0.3, -0.25) is 19.3 Å². The molecule has 10 nitrogen and oxygen atoms in total. The average molecular weight is 853 g/mol. The van der Waals surface area contributed by atoms with Crippen molar-refractivity contribution >= 4 is 28.3 Å². The maximum Gasteiger partial charge on any atom is 0.272 e. The molecule has 2 unspecified atom stereocenters. The van der Waals surface area contributed by atoms with Gasteiger partial charge in [-0.25, -0.2) is 22.7 Å². The fourth-order valence-corrected chi connectivity index (χ4v) is 9.52. The smallest absolute Gasteiger partial charge is 0.272 e. The molecular formula is C48H52F4N6O4. The number of hydrogen-bond donors (Lipinski definition) is 2. The van der Waals surface area contributed by atoms with Crippen LogP contribution in [-0.2, 0) is 11.2 Å². The van der Waals surface area contributed by atoms with Gasteiger partial charge >= 0.3 is 0 Å². The number of fused-ring (bicyclic) bond motifs is 4. The van der Waals surface area contributed by atoms with Crippen molar-refractivity contribution in [3.05, 3.63) is 135 Å². The quantitative estimate of drug-likeness (QED) is 0.0906. The minimum Gasteiger partial charge on any atom is -0.493 e. The summed E-state index contributed by atoms with van der Waals surface area (Å²) in [6.07, 6.45) is 3.10. The Labute approximate surface area is 358 Å². The third-order valence-electron chi connectivity index (χ3n) is 12.5. The molecule has 2 N–H and O–H groups in total. The van der Waals surface area contributed by atoms with E-state index in [0.29, 0.717) is 60.8 Å². The molecule has 2 saturated heterocycles. The standard InChI is InChI=1S/C48H52F4N6O4/c1-29-23-35-33-12-8-9-14-40(33)53-44(35)45(58(29)28-48(2,3)52)43-38(50)26-31(27-39(43)51)62-22-10-4-5-15-42(59)56-18-20-57(21-19-56)47(61)36-24-30(16-17-37(36)49)25-41-32-11-6-7-13-34(32)46(60)55-54-41/h6-9,11-14,16-17,24,26-27,29,35,44-45,53H,4-5,10,15,18-23,25,28H2,1-3H3,(H,55,60)/t29-,35?,44?,45-/m1/s1. The molecule has 1 aromatic heterocycles. The molecule has 4 heterocycles. The number of anilines is 1. The van der Waals surface area contributed by atoms with Crippen molar-refractivity contribution in [1.82, 2.24) is 24.9 Å². The third kappa shape index (κ3) is 9.06. The van der Waals surface area contributed by atoms with Crippen molar-refractivity contribution in [3.8, 4) is 5.75 Å². The topological polar surface area (TPSA) is 111 Å². The molecular weight excluding hydrogens is 801 g/mol. The Morgan fingerprint density at radius 3 is 2.29 bits per heavy atom. The largest absolute Gasteiger partial charge is 0.493 e. The summed E-state index contributed by atoms with van der Waals surface area (Å²) in [5, 5.41) is 11.4. The number of alkyl halides is 1. The Morgan fingerprint density at radius 1 is 0.855 bits per heavy atom. The molecule has 0 saturated carbocycles. The minimum atomic E-state index is -1.58. The van der Waals surface area contributed by atoms with E-state index in [1.165, 1.54) is 38.1 Å². The monoisotopic (exact) mass is 852 g/mol. The van der Waals surface area contributed by atoms with Crippen LogP contribution in [0.5, 0.6) is 5.75 Å². The molecule has 4 aromatic carbocycles. The highest BCUT2D eigenvalue weighted by Gasteiger charge is 2.49. The number of aromatic amines is 1. The molecule has 5 aromatic rings. The first-order valence-corrected chi connectivity index (χ1v) is 21.5. The van der Waals surface area contributed by atoms with E-state index in [-0.39, 0.29) is 79.0 Å². The Balaban J connectivity index is 0.806. The highest BCUT2D eigenvalue weighted by Crippen LogP contribution is 2.51. The van der Waals surface area contributed by atoms with E-state index in [9.17, 15) is 18.8 Å².